The number of nitrogens with one attached hydrogen (secondary N) is 1. The van der Waals surface area contributed by atoms with Crippen LogP contribution in [-0.2, 0) is 24.2 Å². The Balaban J connectivity index is 1.67. The SMILES string of the molecule is CC(C)c1ccc(OCC(=O)OCC(=O)N[C@@H]2CCS(=O)(=O)C2)cc1. The minimum atomic E-state index is -3.06. The van der Waals surface area contributed by atoms with E-state index in [2.05, 4.69) is 19.2 Å². The maximum absolute atomic E-state index is 11.7. The fourth-order valence-corrected chi connectivity index (χ4v) is 4.13. The minimum absolute atomic E-state index is 0.0673. The molecule has 1 saturated heterocycles. The molecule has 7 nitrogen and oxygen atoms in total. The molecule has 1 aliphatic heterocycles. The van der Waals surface area contributed by atoms with Crippen molar-refractivity contribution in [1.29, 1.82) is 0 Å². The summed E-state index contributed by atoms with van der Waals surface area (Å²) in [7, 11) is -3.06. The molecular formula is C17H23NO6S. The molecular weight excluding hydrogens is 346 g/mol. The van der Waals surface area contributed by atoms with Crippen LogP contribution in [0.15, 0.2) is 24.3 Å². The lowest BCUT2D eigenvalue weighted by Gasteiger charge is -2.11. The number of carbonyl (C=O) groups excluding carboxylic acids is 2. The summed E-state index contributed by atoms with van der Waals surface area (Å²) in [4.78, 5) is 23.3. The fraction of sp³-hybridized carbons (Fsp3) is 0.529. The van der Waals surface area contributed by atoms with E-state index in [1.807, 2.05) is 12.1 Å². The second-order valence-electron chi connectivity index (χ2n) is 6.34. The van der Waals surface area contributed by atoms with Crippen molar-refractivity contribution in [2.45, 2.75) is 32.2 Å². The number of amides is 1. The van der Waals surface area contributed by atoms with E-state index < -0.39 is 34.4 Å². The topological polar surface area (TPSA) is 98.8 Å². The third kappa shape index (κ3) is 6.38. The van der Waals surface area contributed by atoms with E-state index in [1.54, 1.807) is 12.1 Å². The molecule has 0 aromatic heterocycles. The average Bonchev–Trinajstić information content (AvgIpc) is 2.90. The van der Waals surface area contributed by atoms with Crippen molar-refractivity contribution in [3.05, 3.63) is 29.8 Å². The highest BCUT2D eigenvalue weighted by molar-refractivity contribution is 7.91. The number of ether oxygens (including phenoxy) is 2. The summed E-state index contributed by atoms with van der Waals surface area (Å²) in [5, 5.41) is 2.54. The van der Waals surface area contributed by atoms with E-state index in [9.17, 15) is 18.0 Å². The van der Waals surface area contributed by atoms with Crippen molar-refractivity contribution < 1.29 is 27.5 Å². The fourth-order valence-electron chi connectivity index (χ4n) is 2.46. The van der Waals surface area contributed by atoms with Gasteiger partial charge in [0.25, 0.3) is 5.91 Å². The standard InChI is InChI=1S/C17H23NO6S/c1-12(2)13-3-5-15(6-4-13)23-10-17(20)24-9-16(19)18-14-7-8-25(21,22)11-14/h3-6,12,14H,7-11H2,1-2H3,(H,18,19)/t14-/m1/s1. The van der Waals surface area contributed by atoms with Crippen molar-refractivity contribution in [1.82, 2.24) is 5.32 Å². The zero-order valence-corrected chi connectivity index (χ0v) is 15.2. The number of benzene rings is 1. The molecule has 0 aliphatic carbocycles. The number of sulfone groups is 1. The summed E-state index contributed by atoms with van der Waals surface area (Å²) >= 11 is 0. The smallest absolute Gasteiger partial charge is 0.344 e. The molecule has 0 saturated carbocycles. The zero-order chi connectivity index (χ0) is 18.4. The van der Waals surface area contributed by atoms with Gasteiger partial charge in [0.05, 0.1) is 11.5 Å². The molecule has 1 amide bonds. The summed E-state index contributed by atoms with van der Waals surface area (Å²) in [5.74, 6) is -0.225. The second kappa shape index (κ2) is 8.33. The summed E-state index contributed by atoms with van der Waals surface area (Å²) in [5.41, 5.74) is 1.17. The maximum Gasteiger partial charge on any atom is 0.344 e. The molecule has 1 N–H and O–H groups in total. The van der Waals surface area contributed by atoms with Crippen molar-refractivity contribution in [3.8, 4) is 5.75 Å². The van der Waals surface area contributed by atoms with E-state index in [0.717, 1.165) is 0 Å². The molecule has 0 unspecified atom stereocenters. The van der Waals surface area contributed by atoms with Crippen molar-refractivity contribution in [2.75, 3.05) is 24.7 Å². The van der Waals surface area contributed by atoms with Crippen LogP contribution in [-0.4, -0.2) is 51.1 Å². The number of carbonyl (C=O) groups is 2. The van der Waals surface area contributed by atoms with Crippen LogP contribution in [0.25, 0.3) is 0 Å². The Morgan fingerprint density at radius 1 is 1.20 bits per heavy atom. The summed E-state index contributed by atoms with van der Waals surface area (Å²) in [6, 6.07) is 6.99. The van der Waals surface area contributed by atoms with Crippen LogP contribution in [0.5, 0.6) is 5.75 Å². The Morgan fingerprint density at radius 2 is 1.88 bits per heavy atom. The van der Waals surface area contributed by atoms with Gasteiger partial charge in [-0.3, -0.25) is 4.79 Å². The van der Waals surface area contributed by atoms with Gasteiger partial charge in [-0.2, -0.15) is 0 Å². The van der Waals surface area contributed by atoms with Gasteiger partial charge >= 0.3 is 5.97 Å². The van der Waals surface area contributed by atoms with Gasteiger partial charge in [-0.05, 0) is 30.0 Å². The lowest BCUT2D eigenvalue weighted by atomic mass is 10.0. The van der Waals surface area contributed by atoms with Crippen LogP contribution in [0.3, 0.4) is 0 Å². The second-order valence-corrected chi connectivity index (χ2v) is 8.57. The summed E-state index contributed by atoms with van der Waals surface area (Å²) in [6.07, 6.45) is 0.386. The monoisotopic (exact) mass is 369 g/mol. The number of hydrogen-bond acceptors (Lipinski definition) is 6. The van der Waals surface area contributed by atoms with E-state index in [0.29, 0.717) is 18.1 Å². The first kappa shape index (κ1) is 19.2. The van der Waals surface area contributed by atoms with Crippen LogP contribution in [0.1, 0.15) is 31.7 Å². The zero-order valence-electron chi connectivity index (χ0n) is 14.4. The molecule has 8 heteroatoms. The van der Waals surface area contributed by atoms with Gasteiger partial charge in [0, 0.05) is 6.04 Å². The average molecular weight is 369 g/mol. The molecule has 1 aliphatic rings. The van der Waals surface area contributed by atoms with Crippen molar-refractivity contribution in [3.63, 3.8) is 0 Å². The van der Waals surface area contributed by atoms with Gasteiger partial charge in [-0.15, -0.1) is 0 Å². The van der Waals surface area contributed by atoms with Gasteiger partial charge in [-0.1, -0.05) is 26.0 Å². The number of esters is 1. The number of rotatable bonds is 7. The predicted octanol–water partition coefficient (Wildman–Crippen LogP) is 1.04. The normalized spacial score (nSPS) is 18.8. The molecule has 0 radical (unpaired) electrons. The summed E-state index contributed by atoms with van der Waals surface area (Å²) < 4.78 is 32.8. The molecule has 1 heterocycles. The first-order chi connectivity index (χ1) is 11.7. The van der Waals surface area contributed by atoms with Gasteiger partial charge in [-0.25, -0.2) is 13.2 Å². The molecule has 1 fully saturated rings. The Morgan fingerprint density at radius 3 is 2.44 bits per heavy atom. The highest BCUT2D eigenvalue weighted by Crippen LogP contribution is 2.18. The lowest BCUT2D eigenvalue weighted by molar-refractivity contribution is -0.150. The first-order valence-electron chi connectivity index (χ1n) is 8.13. The van der Waals surface area contributed by atoms with E-state index in [4.69, 9.17) is 9.47 Å². The van der Waals surface area contributed by atoms with Gasteiger partial charge in [0.15, 0.2) is 23.1 Å². The Labute approximate surface area is 147 Å². The molecule has 2 rings (SSSR count). The highest BCUT2D eigenvalue weighted by atomic mass is 32.2. The predicted molar refractivity (Wildman–Crippen MR) is 92.2 cm³/mol. The van der Waals surface area contributed by atoms with Gasteiger partial charge in [0.2, 0.25) is 0 Å². The quantitative estimate of drug-likeness (QED) is 0.721. The van der Waals surface area contributed by atoms with E-state index in [-0.39, 0.29) is 18.1 Å². The third-order valence-corrected chi connectivity index (χ3v) is 5.63. The van der Waals surface area contributed by atoms with Crippen molar-refractivity contribution in [2.24, 2.45) is 0 Å². The molecule has 138 valence electrons. The largest absolute Gasteiger partial charge is 0.482 e. The molecule has 0 spiro atoms. The Hall–Kier alpha value is -2.09. The third-order valence-electron chi connectivity index (χ3n) is 3.87. The van der Waals surface area contributed by atoms with E-state index in [1.165, 1.54) is 5.56 Å². The summed E-state index contributed by atoms with van der Waals surface area (Å²) in [6.45, 7) is 3.41. The van der Waals surface area contributed by atoms with Crippen LogP contribution < -0.4 is 10.1 Å². The van der Waals surface area contributed by atoms with E-state index >= 15 is 0 Å². The van der Waals surface area contributed by atoms with Crippen molar-refractivity contribution >= 4 is 21.7 Å². The van der Waals surface area contributed by atoms with Crippen LogP contribution >= 0.6 is 0 Å². The Bertz CT molecular complexity index is 711. The van der Waals surface area contributed by atoms with Crippen LogP contribution in [0.4, 0.5) is 0 Å². The molecule has 1 aromatic rings. The molecule has 1 aromatic carbocycles. The van der Waals surface area contributed by atoms with Gasteiger partial charge < -0.3 is 14.8 Å². The minimum Gasteiger partial charge on any atom is -0.482 e. The lowest BCUT2D eigenvalue weighted by Crippen LogP contribution is -2.38. The number of hydrogen-bond donors (Lipinski definition) is 1. The molecule has 0 bridgehead atoms. The molecule has 1 atom stereocenters. The highest BCUT2D eigenvalue weighted by Gasteiger charge is 2.29. The Kier molecular flexibility index (Phi) is 6.41. The molecule has 25 heavy (non-hydrogen) atoms. The van der Waals surface area contributed by atoms with Gasteiger partial charge in [0.1, 0.15) is 5.75 Å². The van der Waals surface area contributed by atoms with Crippen LogP contribution in [0, 0.1) is 0 Å². The first-order valence-corrected chi connectivity index (χ1v) is 9.95. The maximum atomic E-state index is 11.7. The van der Waals surface area contributed by atoms with Crippen LogP contribution in [0.2, 0.25) is 0 Å².